The van der Waals surface area contributed by atoms with E-state index in [-0.39, 0.29) is 5.91 Å². The Bertz CT molecular complexity index is 1180. The van der Waals surface area contributed by atoms with Crippen molar-refractivity contribution in [2.45, 2.75) is 96.6 Å². The molecule has 2 aliphatic rings. The zero-order valence-corrected chi connectivity index (χ0v) is 21.5. The van der Waals surface area contributed by atoms with Crippen molar-refractivity contribution < 1.29 is 4.79 Å². The van der Waals surface area contributed by atoms with Crippen molar-refractivity contribution >= 4 is 22.5 Å². The maximum Gasteiger partial charge on any atom is 0.224 e. The number of benzene rings is 2. The molecule has 5 rings (SSSR count). The third kappa shape index (κ3) is 5.04. The quantitative estimate of drug-likeness (QED) is 0.390. The van der Waals surface area contributed by atoms with Crippen molar-refractivity contribution in [3.05, 3.63) is 53.7 Å². The highest BCUT2D eigenvalue weighted by molar-refractivity contribution is 6.03. The predicted molar refractivity (Wildman–Crippen MR) is 147 cm³/mol. The molecule has 3 aromatic rings. The molecule has 2 aliphatic carbocycles. The topological polar surface area (TPSA) is 60.1 Å². The number of nitrogens with two attached hydrogens (primary N) is 1. The number of nitrogens with zero attached hydrogens (tertiary/aromatic N) is 1. The highest BCUT2D eigenvalue weighted by Gasteiger charge is 2.25. The molecule has 186 valence electrons. The summed E-state index contributed by atoms with van der Waals surface area (Å²) in [5.41, 5.74) is 13.6. The normalized spacial score (nSPS) is 21.3. The highest BCUT2D eigenvalue weighted by atomic mass is 16.1. The molecule has 3 N–H and O–H groups in total. The van der Waals surface area contributed by atoms with Crippen molar-refractivity contribution in [2.75, 3.05) is 5.32 Å². The van der Waals surface area contributed by atoms with Crippen molar-refractivity contribution in [3.63, 3.8) is 0 Å². The standard InChI is InChI=1S/C31H41N3O/c1-3-30(35)33-28-18-17-25(23-13-15-24(32)16-14-23)21(2)31(28)27-20-34(19-22-9-5-4-6-10-22)29-12-8-7-11-26(27)29/h7-8,11-12,17-18,20,22-24H,3-6,9-10,13-16,19,32H2,1-2H3,(H,33,35). The summed E-state index contributed by atoms with van der Waals surface area (Å²) in [6.45, 7) is 5.25. The van der Waals surface area contributed by atoms with Gasteiger partial charge in [-0.05, 0) is 80.5 Å². The Morgan fingerprint density at radius 3 is 2.49 bits per heavy atom. The van der Waals surface area contributed by atoms with Gasteiger partial charge in [0, 0.05) is 52.9 Å². The molecule has 4 heteroatoms. The molecule has 35 heavy (non-hydrogen) atoms. The molecular weight excluding hydrogens is 430 g/mol. The number of fused-ring (bicyclic) bond motifs is 1. The minimum atomic E-state index is 0.0629. The Kier molecular flexibility index (Phi) is 7.29. The fraction of sp³-hybridized carbons (Fsp3) is 0.516. The van der Waals surface area contributed by atoms with Crippen LogP contribution in [0, 0.1) is 12.8 Å². The smallest absolute Gasteiger partial charge is 0.224 e. The highest BCUT2D eigenvalue weighted by Crippen LogP contribution is 2.43. The van der Waals surface area contributed by atoms with Gasteiger partial charge >= 0.3 is 0 Å². The second kappa shape index (κ2) is 10.6. The Balaban J connectivity index is 1.62. The van der Waals surface area contributed by atoms with E-state index in [0.29, 0.717) is 18.4 Å². The van der Waals surface area contributed by atoms with E-state index in [0.717, 1.165) is 43.8 Å². The van der Waals surface area contributed by atoms with Gasteiger partial charge in [-0.3, -0.25) is 4.79 Å². The van der Waals surface area contributed by atoms with Gasteiger partial charge in [0.25, 0.3) is 0 Å². The summed E-state index contributed by atoms with van der Waals surface area (Å²) in [6.07, 6.45) is 14.1. The number of hydrogen-bond acceptors (Lipinski definition) is 2. The lowest BCUT2D eigenvalue weighted by Crippen LogP contribution is -2.26. The summed E-state index contributed by atoms with van der Waals surface area (Å²) in [6, 6.07) is 13.5. The summed E-state index contributed by atoms with van der Waals surface area (Å²) < 4.78 is 2.48. The number of aromatic nitrogens is 1. The van der Waals surface area contributed by atoms with E-state index in [1.807, 2.05) is 6.92 Å². The number of nitrogens with one attached hydrogen (secondary N) is 1. The first-order chi connectivity index (χ1) is 17.0. The van der Waals surface area contributed by atoms with Crippen LogP contribution in [0.4, 0.5) is 5.69 Å². The fourth-order valence-corrected chi connectivity index (χ4v) is 6.54. The van der Waals surface area contributed by atoms with Crippen LogP contribution in [-0.4, -0.2) is 16.5 Å². The van der Waals surface area contributed by atoms with E-state index in [1.165, 1.54) is 65.3 Å². The van der Waals surface area contributed by atoms with E-state index in [2.05, 4.69) is 59.4 Å². The summed E-state index contributed by atoms with van der Waals surface area (Å²) in [7, 11) is 0. The minimum Gasteiger partial charge on any atom is -0.347 e. The predicted octanol–water partition coefficient (Wildman–Crippen LogP) is 7.53. The molecule has 1 heterocycles. The summed E-state index contributed by atoms with van der Waals surface area (Å²) in [5.74, 6) is 1.36. The molecule has 2 fully saturated rings. The molecular formula is C31H41N3O. The van der Waals surface area contributed by atoms with E-state index in [1.54, 1.807) is 0 Å². The molecule has 0 atom stereocenters. The number of para-hydroxylation sites is 1. The molecule has 4 nitrogen and oxygen atoms in total. The van der Waals surface area contributed by atoms with Gasteiger partial charge in [0.2, 0.25) is 5.91 Å². The molecule has 0 unspecified atom stereocenters. The van der Waals surface area contributed by atoms with E-state index < -0.39 is 0 Å². The Morgan fingerprint density at radius 1 is 1.00 bits per heavy atom. The van der Waals surface area contributed by atoms with Crippen LogP contribution in [0.5, 0.6) is 0 Å². The van der Waals surface area contributed by atoms with Crippen LogP contribution < -0.4 is 11.1 Å². The van der Waals surface area contributed by atoms with Crippen LogP contribution in [0.15, 0.2) is 42.6 Å². The second-order valence-electron chi connectivity index (χ2n) is 10.9. The van der Waals surface area contributed by atoms with Gasteiger partial charge in [-0.2, -0.15) is 0 Å². The number of amides is 1. The van der Waals surface area contributed by atoms with Gasteiger partial charge in [0.05, 0.1) is 0 Å². The van der Waals surface area contributed by atoms with E-state index in [4.69, 9.17) is 5.73 Å². The van der Waals surface area contributed by atoms with Gasteiger partial charge < -0.3 is 15.6 Å². The minimum absolute atomic E-state index is 0.0629. The molecule has 0 spiro atoms. The number of carbonyl (C=O) groups is 1. The van der Waals surface area contributed by atoms with Crippen LogP contribution in [-0.2, 0) is 11.3 Å². The van der Waals surface area contributed by atoms with Crippen molar-refractivity contribution in [1.29, 1.82) is 0 Å². The van der Waals surface area contributed by atoms with Gasteiger partial charge in [-0.25, -0.2) is 0 Å². The summed E-state index contributed by atoms with van der Waals surface area (Å²) in [5, 5.41) is 4.50. The Hall–Kier alpha value is -2.59. The molecule has 2 saturated carbocycles. The lowest BCUT2D eigenvalue weighted by molar-refractivity contribution is -0.115. The fourth-order valence-electron chi connectivity index (χ4n) is 6.54. The third-order valence-corrected chi connectivity index (χ3v) is 8.55. The molecule has 0 aliphatic heterocycles. The lowest BCUT2D eigenvalue weighted by Gasteiger charge is -2.29. The molecule has 1 amide bonds. The van der Waals surface area contributed by atoms with E-state index >= 15 is 0 Å². The third-order valence-electron chi connectivity index (χ3n) is 8.55. The summed E-state index contributed by atoms with van der Waals surface area (Å²) >= 11 is 0. The Labute approximate surface area is 210 Å². The van der Waals surface area contributed by atoms with Gasteiger partial charge in [0.15, 0.2) is 0 Å². The molecule has 0 saturated heterocycles. The molecule has 0 bridgehead atoms. The first-order valence-corrected chi connectivity index (χ1v) is 13.8. The Morgan fingerprint density at radius 2 is 1.74 bits per heavy atom. The van der Waals surface area contributed by atoms with Crippen LogP contribution in [0.25, 0.3) is 22.0 Å². The van der Waals surface area contributed by atoms with Crippen molar-refractivity contribution in [2.24, 2.45) is 11.7 Å². The average molecular weight is 472 g/mol. The van der Waals surface area contributed by atoms with Gasteiger partial charge in [-0.1, -0.05) is 50.5 Å². The first-order valence-electron chi connectivity index (χ1n) is 13.8. The van der Waals surface area contributed by atoms with Crippen LogP contribution in [0.2, 0.25) is 0 Å². The average Bonchev–Trinajstić information content (AvgIpc) is 3.23. The maximum atomic E-state index is 12.5. The SMILES string of the molecule is CCC(=O)Nc1ccc(C2CCC(N)CC2)c(C)c1-c1cn(CC2CCCCC2)c2ccccc12. The van der Waals surface area contributed by atoms with Crippen LogP contribution in [0.3, 0.4) is 0 Å². The zero-order chi connectivity index (χ0) is 24.4. The number of rotatable bonds is 6. The molecule has 2 aromatic carbocycles. The van der Waals surface area contributed by atoms with Crippen molar-refractivity contribution in [1.82, 2.24) is 4.57 Å². The molecule has 1 aromatic heterocycles. The van der Waals surface area contributed by atoms with Crippen LogP contribution >= 0.6 is 0 Å². The zero-order valence-electron chi connectivity index (χ0n) is 21.5. The lowest BCUT2D eigenvalue weighted by atomic mass is 9.79. The van der Waals surface area contributed by atoms with Gasteiger partial charge in [0.1, 0.15) is 0 Å². The second-order valence-corrected chi connectivity index (χ2v) is 10.9. The van der Waals surface area contributed by atoms with Gasteiger partial charge in [-0.15, -0.1) is 0 Å². The largest absolute Gasteiger partial charge is 0.347 e. The van der Waals surface area contributed by atoms with Crippen LogP contribution in [0.1, 0.15) is 88.2 Å². The first kappa shape index (κ1) is 24.1. The van der Waals surface area contributed by atoms with Crippen molar-refractivity contribution in [3.8, 4) is 11.1 Å². The van der Waals surface area contributed by atoms with E-state index in [9.17, 15) is 4.79 Å². The number of carbonyl (C=O) groups excluding carboxylic acids is 1. The monoisotopic (exact) mass is 471 g/mol. The number of hydrogen-bond donors (Lipinski definition) is 2. The summed E-state index contributed by atoms with van der Waals surface area (Å²) in [4.78, 5) is 12.5. The number of anilines is 1. The molecule has 0 radical (unpaired) electrons. The maximum absolute atomic E-state index is 12.5.